The highest BCUT2D eigenvalue weighted by Crippen LogP contribution is 2.37. The molecule has 1 heterocycles. The molecule has 0 atom stereocenters. The number of aromatic nitrogens is 1. The van der Waals surface area contributed by atoms with E-state index in [2.05, 4.69) is 9.72 Å². The summed E-state index contributed by atoms with van der Waals surface area (Å²) in [6.07, 6.45) is -8.79. The molecular formula is C11H7F5N2O2. The number of nitriles is 1. The summed E-state index contributed by atoms with van der Waals surface area (Å²) in [6.45, 7) is 0. The van der Waals surface area contributed by atoms with Crippen LogP contribution < -0.4 is 0 Å². The molecule has 1 aromatic rings. The van der Waals surface area contributed by atoms with Gasteiger partial charge in [-0.2, -0.15) is 18.4 Å². The van der Waals surface area contributed by atoms with Crippen LogP contribution in [0.25, 0.3) is 0 Å². The second kappa shape index (κ2) is 5.81. The molecule has 1 rings (SSSR count). The Bertz CT molecular complexity index is 563. The SMILES string of the molecule is COC(=O)Cc1ncc(C(F)F)c(C#N)c1C(F)(F)F. The van der Waals surface area contributed by atoms with Crippen molar-refractivity contribution in [2.45, 2.75) is 19.0 Å². The molecule has 0 saturated heterocycles. The average molecular weight is 294 g/mol. The summed E-state index contributed by atoms with van der Waals surface area (Å²) in [4.78, 5) is 14.2. The minimum absolute atomic E-state index is 0.455. The van der Waals surface area contributed by atoms with Crippen molar-refractivity contribution in [3.63, 3.8) is 0 Å². The first-order chi connectivity index (χ1) is 9.22. The lowest BCUT2D eigenvalue weighted by molar-refractivity contribution is -0.141. The monoisotopic (exact) mass is 294 g/mol. The number of carbonyl (C=O) groups is 1. The quantitative estimate of drug-likeness (QED) is 0.635. The van der Waals surface area contributed by atoms with Gasteiger partial charge in [0.25, 0.3) is 6.43 Å². The van der Waals surface area contributed by atoms with Crippen LogP contribution in [0.3, 0.4) is 0 Å². The van der Waals surface area contributed by atoms with E-state index in [1.54, 1.807) is 0 Å². The highest BCUT2D eigenvalue weighted by Gasteiger charge is 2.39. The Balaban J connectivity index is 3.55. The molecule has 9 heteroatoms. The van der Waals surface area contributed by atoms with Gasteiger partial charge in [0.2, 0.25) is 0 Å². The zero-order valence-corrected chi connectivity index (χ0v) is 9.96. The molecule has 0 N–H and O–H groups in total. The number of nitrogens with zero attached hydrogens (tertiary/aromatic N) is 2. The van der Waals surface area contributed by atoms with Gasteiger partial charge in [0.1, 0.15) is 6.07 Å². The van der Waals surface area contributed by atoms with Crippen molar-refractivity contribution in [3.8, 4) is 6.07 Å². The van der Waals surface area contributed by atoms with E-state index in [1.807, 2.05) is 0 Å². The van der Waals surface area contributed by atoms with E-state index < -0.39 is 47.4 Å². The Morgan fingerprint density at radius 3 is 2.50 bits per heavy atom. The lowest BCUT2D eigenvalue weighted by Crippen LogP contribution is -2.18. The fourth-order valence-electron chi connectivity index (χ4n) is 1.50. The molecule has 20 heavy (non-hydrogen) atoms. The van der Waals surface area contributed by atoms with Gasteiger partial charge in [-0.05, 0) is 0 Å². The first-order valence-electron chi connectivity index (χ1n) is 5.06. The first kappa shape index (κ1) is 15.8. The third-order valence-electron chi connectivity index (χ3n) is 2.36. The predicted molar refractivity (Wildman–Crippen MR) is 54.6 cm³/mol. The van der Waals surface area contributed by atoms with Gasteiger partial charge in [0.15, 0.2) is 0 Å². The number of esters is 1. The number of ether oxygens (including phenoxy) is 1. The van der Waals surface area contributed by atoms with E-state index in [9.17, 15) is 26.7 Å². The minimum atomic E-state index is -5.09. The number of methoxy groups -OCH3 is 1. The number of hydrogen-bond donors (Lipinski definition) is 0. The molecule has 0 aliphatic carbocycles. The van der Waals surface area contributed by atoms with Crippen LogP contribution in [0.4, 0.5) is 22.0 Å². The maximum absolute atomic E-state index is 12.9. The summed E-state index contributed by atoms with van der Waals surface area (Å²) < 4.78 is 68.1. The molecule has 1 aromatic heterocycles. The molecule has 0 aromatic carbocycles. The van der Waals surface area contributed by atoms with E-state index in [0.29, 0.717) is 6.20 Å². The summed E-state index contributed by atoms with van der Waals surface area (Å²) in [7, 11) is 0.953. The second-order valence-corrected chi connectivity index (χ2v) is 3.57. The summed E-state index contributed by atoms with van der Waals surface area (Å²) in [6, 6.07) is 1.09. The Hall–Kier alpha value is -2.24. The Labute approximate surface area is 109 Å². The minimum Gasteiger partial charge on any atom is -0.469 e. The summed E-state index contributed by atoms with van der Waals surface area (Å²) in [5.74, 6) is -1.03. The Morgan fingerprint density at radius 1 is 1.50 bits per heavy atom. The van der Waals surface area contributed by atoms with Crippen LogP contribution in [-0.4, -0.2) is 18.1 Å². The fourth-order valence-corrected chi connectivity index (χ4v) is 1.50. The van der Waals surface area contributed by atoms with Crippen LogP contribution in [0, 0.1) is 11.3 Å². The maximum Gasteiger partial charge on any atom is 0.419 e. The van der Waals surface area contributed by atoms with Gasteiger partial charge in [0.05, 0.1) is 35.9 Å². The summed E-state index contributed by atoms with van der Waals surface area (Å²) in [5.41, 5.74) is -4.83. The fraction of sp³-hybridized carbons (Fsp3) is 0.364. The van der Waals surface area contributed by atoms with Crippen molar-refractivity contribution in [2.24, 2.45) is 0 Å². The van der Waals surface area contributed by atoms with Gasteiger partial charge >= 0.3 is 12.1 Å². The number of carbonyl (C=O) groups excluding carboxylic acids is 1. The van der Waals surface area contributed by atoms with Gasteiger partial charge in [-0.25, -0.2) is 8.78 Å². The Morgan fingerprint density at radius 2 is 2.10 bits per heavy atom. The molecule has 0 radical (unpaired) electrons. The van der Waals surface area contributed by atoms with Gasteiger partial charge in [0, 0.05) is 6.20 Å². The first-order valence-corrected chi connectivity index (χ1v) is 5.06. The molecule has 0 aliphatic rings. The van der Waals surface area contributed by atoms with Gasteiger partial charge in [-0.1, -0.05) is 0 Å². The third kappa shape index (κ3) is 3.20. The topological polar surface area (TPSA) is 63.0 Å². The number of halogens is 5. The van der Waals surface area contributed by atoms with Crippen molar-refractivity contribution in [1.82, 2.24) is 4.98 Å². The average Bonchev–Trinajstić information content (AvgIpc) is 2.35. The molecule has 0 spiro atoms. The highest BCUT2D eigenvalue weighted by atomic mass is 19.4. The van der Waals surface area contributed by atoms with E-state index in [1.165, 1.54) is 0 Å². The summed E-state index contributed by atoms with van der Waals surface area (Å²) in [5, 5.41) is 8.70. The number of alkyl halides is 5. The number of rotatable bonds is 3. The lowest BCUT2D eigenvalue weighted by Gasteiger charge is -2.15. The Kier molecular flexibility index (Phi) is 4.60. The van der Waals surface area contributed by atoms with Crippen LogP contribution in [0.2, 0.25) is 0 Å². The van der Waals surface area contributed by atoms with Gasteiger partial charge in [-0.3, -0.25) is 9.78 Å². The van der Waals surface area contributed by atoms with E-state index in [0.717, 1.165) is 13.2 Å². The van der Waals surface area contributed by atoms with Crippen LogP contribution in [-0.2, 0) is 22.1 Å². The van der Waals surface area contributed by atoms with Gasteiger partial charge < -0.3 is 4.74 Å². The van der Waals surface area contributed by atoms with Crippen LogP contribution >= 0.6 is 0 Å². The van der Waals surface area contributed by atoms with Crippen LogP contribution in [0.15, 0.2) is 6.20 Å². The standard InChI is InChI=1S/C11H7F5N2O2/c1-20-8(19)2-7-9(11(14,15)16)5(3-17)6(4-18-7)10(12)13/h4,10H,2H2,1H3. The molecule has 108 valence electrons. The second-order valence-electron chi connectivity index (χ2n) is 3.57. The largest absolute Gasteiger partial charge is 0.469 e. The van der Waals surface area contributed by atoms with Crippen LogP contribution in [0.5, 0.6) is 0 Å². The molecule has 0 amide bonds. The predicted octanol–water partition coefficient (Wildman–Crippen LogP) is 2.63. The number of pyridine rings is 1. The lowest BCUT2D eigenvalue weighted by atomic mass is 10.00. The normalized spacial score (nSPS) is 11.3. The van der Waals surface area contributed by atoms with Crippen molar-refractivity contribution >= 4 is 5.97 Å². The highest BCUT2D eigenvalue weighted by molar-refractivity contribution is 5.72. The van der Waals surface area contributed by atoms with E-state index in [4.69, 9.17) is 5.26 Å². The van der Waals surface area contributed by atoms with Crippen molar-refractivity contribution in [3.05, 3.63) is 28.6 Å². The van der Waals surface area contributed by atoms with Crippen molar-refractivity contribution < 1.29 is 31.5 Å². The zero-order valence-electron chi connectivity index (χ0n) is 9.96. The van der Waals surface area contributed by atoms with Gasteiger partial charge in [-0.15, -0.1) is 0 Å². The number of hydrogen-bond acceptors (Lipinski definition) is 4. The molecule has 0 unspecified atom stereocenters. The molecule has 0 bridgehead atoms. The summed E-state index contributed by atoms with van der Waals surface area (Å²) >= 11 is 0. The van der Waals surface area contributed by atoms with Crippen LogP contribution in [0.1, 0.15) is 28.8 Å². The maximum atomic E-state index is 12.9. The van der Waals surface area contributed by atoms with Crippen molar-refractivity contribution in [1.29, 1.82) is 5.26 Å². The van der Waals surface area contributed by atoms with E-state index >= 15 is 0 Å². The molecule has 0 aliphatic heterocycles. The third-order valence-corrected chi connectivity index (χ3v) is 2.36. The van der Waals surface area contributed by atoms with E-state index in [-0.39, 0.29) is 0 Å². The molecule has 0 saturated carbocycles. The molecule has 4 nitrogen and oxygen atoms in total. The van der Waals surface area contributed by atoms with Crippen molar-refractivity contribution in [2.75, 3.05) is 7.11 Å². The molecular weight excluding hydrogens is 287 g/mol. The smallest absolute Gasteiger partial charge is 0.419 e. The zero-order chi connectivity index (χ0) is 15.5. The molecule has 0 fully saturated rings.